The zero-order valence-electron chi connectivity index (χ0n) is 12.3. The Kier molecular flexibility index (Phi) is 5.05. The Morgan fingerprint density at radius 1 is 1.22 bits per heavy atom. The number of hydrogen-bond acceptors (Lipinski definition) is 3. The van der Waals surface area contributed by atoms with Crippen LogP contribution in [0.5, 0.6) is 0 Å². The topological polar surface area (TPSA) is 21.7 Å². The van der Waals surface area contributed by atoms with Crippen molar-refractivity contribution >= 4 is 0 Å². The monoisotopic (exact) mass is 255 g/mol. The van der Waals surface area contributed by atoms with Gasteiger partial charge < -0.3 is 4.74 Å². The molecule has 2 rings (SSSR count). The van der Waals surface area contributed by atoms with E-state index >= 15 is 0 Å². The molecule has 0 radical (unpaired) electrons. The van der Waals surface area contributed by atoms with E-state index in [1.807, 2.05) is 0 Å². The van der Waals surface area contributed by atoms with Gasteiger partial charge in [0.25, 0.3) is 0 Å². The average Bonchev–Trinajstić information content (AvgIpc) is 2.70. The Morgan fingerprint density at radius 2 is 1.94 bits per heavy atom. The number of ether oxygens (including phenoxy) is 1. The lowest BCUT2D eigenvalue weighted by Gasteiger charge is -2.31. The third kappa shape index (κ3) is 3.46. The summed E-state index contributed by atoms with van der Waals surface area (Å²) >= 11 is 0. The summed E-state index contributed by atoms with van der Waals surface area (Å²) in [6.45, 7) is 9.65. The molecule has 2 saturated heterocycles. The van der Waals surface area contributed by atoms with Gasteiger partial charge in [-0.3, -0.25) is 4.84 Å². The number of hydroxylamine groups is 2. The van der Waals surface area contributed by atoms with Crippen molar-refractivity contribution < 1.29 is 9.57 Å². The van der Waals surface area contributed by atoms with Gasteiger partial charge in [0.05, 0.1) is 25.4 Å². The molecule has 3 nitrogen and oxygen atoms in total. The van der Waals surface area contributed by atoms with E-state index in [1.54, 1.807) is 0 Å². The molecular weight excluding hydrogens is 226 g/mol. The lowest BCUT2D eigenvalue weighted by atomic mass is 9.76. The summed E-state index contributed by atoms with van der Waals surface area (Å²) in [5.41, 5.74) is 0.462. The zero-order valence-corrected chi connectivity index (χ0v) is 12.3. The molecule has 3 heteroatoms. The van der Waals surface area contributed by atoms with Crippen LogP contribution in [0, 0.1) is 5.41 Å². The van der Waals surface area contributed by atoms with Gasteiger partial charge >= 0.3 is 0 Å². The van der Waals surface area contributed by atoms with Crippen LogP contribution in [0.2, 0.25) is 0 Å². The summed E-state index contributed by atoms with van der Waals surface area (Å²) in [4.78, 5) is 6.11. The minimum atomic E-state index is 0.416. The van der Waals surface area contributed by atoms with E-state index in [1.165, 1.54) is 32.1 Å². The third-order valence-electron chi connectivity index (χ3n) is 4.42. The molecule has 0 spiro atoms. The summed E-state index contributed by atoms with van der Waals surface area (Å²) in [6, 6.07) is 0.510. The summed E-state index contributed by atoms with van der Waals surface area (Å²) < 4.78 is 5.54. The molecule has 2 aliphatic heterocycles. The molecule has 106 valence electrons. The van der Waals surface area contributed by atoms with Gasteiger partial charge in [-0.25, -0.2) is 0 Å². The summed E-state index contributed by atoms with van der Waals surface area (Å²) in [5, 5.41) is 2.17. The normalized spacial score (nSPS) is 29.5. The summed E-state index contributed by atoms with van der Waals surface area (Å²) in [6.07, 6.45) is 7.98. The SMILES string of the molecule is CCCC(C)(CCC)CC1CC2COCCN2O1. The predicted octanol–water partition coefficient (Wildman–Crippen LogP) is 3.39. The maximum absolute atomic E-state index is 6.11. The fourth-order valence-corrected chi connectivity index (χ4v) is 3.71. The van der Waals surface area contributed by atoms with Crippen LogP contribution in [-0.4, -0.2) is 37.0 Å². The molecule has 2 aliphatic rings. The molecule has 2 heterocycles. The van der Waals surface area contributed by atoms with Crippen molar-refractivity contribution in [1.82, 2.24) is 5.06 Å². The van der Waals surface area contributed by atoms with E-state index in [2.05, 4.69) is 25.8 Å². The first-order valence-corrected chi connectivity index (χ1v) is 7.68. The minimum Gasteiger partial charge on any atom is -0.378 e. The molecule has 0 aromatic rings. The van der Waals surface area contributed by atoms with Gasteiger partial charge in [-0.2, -0.15) is 5.06 Å². The van der Waals surface area contributed by atoms with E-state index in [0.717, 1.165) is 26.2 Å². The van der Waals surface area contributed by atoms with Crippen LogP contribution in [0.25, 0.3) is 0 Å². The number of morpholine rings is 1. The lowest BCUT2D eigenvalue weighted by Crippen LogP contribution is -2.39. The van der Waals surface area contributed by atoms with Crippen molar-refractivity contribution in [2.45, 2.75) is 71.4 Å². The van der Waals surface area contributed by atoms with Crippen molar-refractivity contribution in [3.63, 3.8) is 0 Å². The highest BCUT2D eigenvalue weighted by Gasteiger charge is 2.38. The predicted molar refractivity (Wildman–Crippen MR) is 73.3 cm³/mol. The maximum Gasteiger partial charge on any atom is 0.0815 e. The van der Waals surface area contributed by atoms with Crippen LogP contribution in [0.1, 0.15) is 59.3 Å². The van der Waals surface area contributed by atoms with Crippen molar-refractivity contribution in [3.8, 4) is 0 Å². The van der Waals surface area contributed by atoms with Crippen LogP contribution in [0.15, 0.2) is 0 Å². The molecule has 2 unspecified atom stereocenters. The lowest BCUT2D eigenvalue weighted by molar-refractivity contribution is -0.201. The van der Waals surface area contributed by atoms with Crippen molar-refractivity contribution in [2.24, 2.45) is 5.41 Å². The van der Waals surface area contributed by atoms with E-state index in [9.17, 15) is 0 Å². The van der Waals surface area contributed by atoms with Gasteiger partial charge in [-0.1, -0.05) is 33.6 Å². The molecule has 0 bridgehead atoms. The molecule has 0 aromatic carbocycles. The maximum atomic E-state index is 6.11. The number of nitrogens with zero attached hydrogens (tertiary/aromatic N) is 1. The zero-order chi connectivity index (χ0) is 13.0. The van der Waals surface area contributed by atoms with Gasteiger partial charge in [0, 0.05) is 6.54 Å². The molecule has 0 N–H and O–H groups in total. The second-order valence-electron chi connectivity index (χ2n) is 6.35. The standard InChI is InChI=1S/C15H29NO2/c1-4-6-15(3,7-5-2)11-14-10-13-12-17-9-8-16(13)18-14/h13-14H,4-12H2,1-3H3. The van der Waals surface area contributed by atoms with Crippen LogP contribution < -0.4 is 0 Å². The van der Waals surface area contributed by atoms with Gasteiger partial charge in [0.15, 0.2) is 0 Å². The van der Waals surface area contributed by atoms with Crippen LogP contribution >= 0.6 is 0 Å². The number of rotatable bonds is 6. The van der Waals surface area contributed by atoms with Crippen molar-refractivity contribution in [1.29, 1.82) is 0 Å². The van der Waals surface area contributed by atoms with Crippen molar-refractivity contribution in [2.75, 3.05) is 19.8 Å². The first kappa shape index (κ1) is 14.3. The smallest absolute Gasteiger partial charge is 0.0815 e. The highest BCUT2D eigenvalue weighted by atomic mass is 16.7. The second kappa shape index (κ2) is 6.36. The Hall–Kier alpha value is -0.120. The highest BCUT2D eigenvalue weighted by Crippen LogP contribution is 2.38. The Balaban J connectivity index is 1.88. The fourth-order valence-electron chi connectivity index (χ4n) is 3.71. The summed E-state index contributed by atoms with van der Waals surface area (Å²) in [7, 11) is 0. The molecular formula is C15H29NO2. The van der Waals surface area contributed by atoms with Crippen LogP contribution in [0.4, 0.5) is 0 Å². The third-order valence-corrected chi connectivity index (χ3v) is 4.42. The minimum absolute atomic E-state index is 0.416. The van der Waals surface area contributed by atoms with Gasteiger partial charge in [-0.05, 0) is 31.1 Å². The average molecular weight is 255 g/mol. The van der Waals surface area contributed by atoms with E-state index in [-0.39, 0.29) is 0 Å². The van der Waals surface area contributed by atoms with Crippen molar-refractivity contribution in [3.05, 3.63) is 0 Å². The van der Waals surface area contributed by atoms with Gasteiger partial charge in [-0.15, -0.1) is 0 Å². The van der Waals surface area contributed by atoms with Gasteiger partial charge in [0.2, 0.25) is 0 Å². The van der Waals surface area contributed by atoms with Crippen LogP contribution in [0.3, 0.4) is 0 Å². The van der Waals surface area contributed by atoms with Gasteiger partial charge in [0.1, 0.15) is 0 Å². The van der Waals surface area contributed by atoms with E-state index in [0.29, 0.717) is 17.6 Å². The van der Waals surface area contributed by atoms with Crippen LogP contribution in [-0.2, 0) is 9.57 Å². The second-order valence-corrected chi connectivity index (χ2v) is 6.35. The Labute approximate surface area is 112 Å². The molecule has 2 atom stereocenters. The first-order valence-electron chi connectivity index (χ1n) is 7.68. The highest BCUT2D eigenvalue weighted by molar-refractivity contribution is 4.85. The Morgan fingerprint density at radius 3 is 2.56 bits per heavy atom. The molecule has 0 saturated carbocycles. The molecule has 0 amide bonds. The number of fused-ring (bicyclic) bond motifs is 1. The first-order chi connectivity index (χ1) is 8.67. The Bertz CT molecular complexity index is 237. The van der Waals surface area contributed by atoms with E-state index < -0.39 is 0 Å². The largest absolute Gasteiger partial charge is 0.378 e. The molecule has 0 aliphatic carbocycles. The summed E-state index contributed by atoms with van der Waals surface area (Å²) in [5.74, 6) is 0. The number of hydrogen-bond donors (Lipinski definition) is 0. The molecule has 18 heavy (non-hydrogen) atoms. The van der Waals surface area contributed by atoms with E-state index in [4.69, 9.17) is 9.57 Å². The molecule has 0 aromatic heterocycles. The quantitative estimate of drug-likeness (QED) is 0.726. The molecule has 2 fully saturated rings. The fraction of sp³-hybridized carbons (Fsp3) is 1.00.